The molecule has 2 aromatic carbocycles. The number of rotatable bonds is 5. The molecule has 0 aromatic heterocycles. The van der Waals surface area contributed by atoms with Gasteiger partial charge in [-0.2, -0.15) is 4.31 Å². The van der Waals surface area contributed by atoms with E-state index in [0.717, 1.165) is 0 Å². The summed E-state index contributed by atoms with van der Waals surface area (Å²) in [5.41, 5.74) is 0.693. The molecule has 1 amide bonds. The van der Waals surface area contributed by atoms with Crippen LogP contribution < -0.4 is 5.32 Å². The van der Waals surface area contributed by atoms with Crippen molar-refractivity contribution in [3.63, 3.8) is 0 Å². The van der Waals surface area contributed by atoms with Gasteiger partial charge in [0.05, 0.1) is 15.5 Å². The lowest BCUT2D eigenvalue weighted by Crippen LogP contribution is -2.33. The summed E-state index contributed by atoms with van der Waals surface area (Å²) in [6.45, 7) is 5.09. The number of hydrogen-bond acceptors (Lipinski definition) is 3. The lowest BCUT2D eigenvalue weighted by molar-refractivity contribution is 0.102. The zero-order valence-corrected chi connectivity index (χ0v) is 16.5. The Bertz CT molecular complexity index is 945. The Morgan fingerprint density at radius 3 is 2.42 bits per heavy atom. The molecule has 140 valence electrons. The highest BCUT2D eigenvalue weighted by atomic mass is 35.5. The molecule has 0 unspecified atom stereocenters. The van der Waals surface area contributed by atoms with Crippen LogP contribution in [0.2, 0.25) is 5.02 Å². The van der Waals surface area contributed by atoms with Gasteiger partial charge in [0, 0.05) is 18.8 Å². The molecule has 1 N–H and O–H groups in total. The number of carbonyl (C=O) groups excluding carboxylic acids is 1. The van der Waals surface area contributed by atoms with Gasteiger partial charge in [-0.25, -0.2) is 12.8 Å². The molecule has 2 rings (SSSR count). The maximum atomic E-state index is 13.6. The number of halogens is 2. The van der Waals surface area contributed by atoms with Crippen LogP contribution in [0.25, 0.3) is 0 Å². The molecular weight excluding hydrogens is 379 g/mol. The molecule has 0 atom stereocenters. The van der Waals surface area contributed by atoms with E-state index in [4.69, 9.17) is 11.6 Å². The van der Waals surface area contributed by atoms with Gasteiger partial charge in [-0.05, 0) is 56.7 Å². The number of sulfonamides is 1. The second kappa shape index (κ2) is 7.73. The fraction of sp³-hybridized carbons (Fsp3) is 0.278. The first kappa shape index (κ1) is 20.4. The average molecular weight is 399 g/mol. The molecule has 0 bridgehead atoms. The fourth-order valence-electron chi connectivity index (χ4n) is 2.15. The molecule has 5 nitrogen and oxygen atoms in total. The Labute approximate surface area is 157 Å². The van der Waals surface area contributed by atoms with E-state index >= 15 is 0 Å². The summed E-state index contributed by atoms with van der Waals surface area (Å²) in [5, 5.41) is 2.62. The molecule has 26 heavy (non-hydrogen) atoms. The summed E-state index contributed by atoms with van der Waals surface area (Å²) >= 11 is 6.06. The lowest BCUT2D eigenvalue weighted by atomic mass is 10.2. The van der Waals surface area contributed by atoms with Crippen LogP contribution in [0.3, 0.4) is 0 Å². The van der Waals surface area contributed by atoms with Crippen LogP contribution in [0.15, 0.2) is 41.3 Å². The molecular formula is C18H20ClFN2O3S. The van der Waals surface area contributed by atoms with Gasteiger partial charge >= 0.3 is 0 Å². The Balaban J connectivity index is 2.37. The zero-order chi connectivity index (χ0) is 19.6. The number of amides is 1. The van der Waals surface area contributed by atoms with Crippen molar-refractivity contribution in [3.8, 4) is 0 Å². The number of hydrogen-bond donors (Lipinski definition) is 1. The summed E-state index contributed by atoms with van der Waals surface area (Å²) < 4.78 is 40.0. The van der Waals surface area contributed by atoms with Crippen LogP contribution >= 0.6 is 11.6 Å². The van der Waals surface area contributed by atoms with Crippen LogP contribution in [-0.2, 0) is 10.0 Å². The number of aryl methyl sites for hydroxylation is 1. The van der Waals surface area contributed by atoms with E-state index in [2.05, 4.69) is 5.32 Å². The number of nitrogens with one attached hydrogen (secondary N) is 1. The molecule has 0 heterocycles. The first-order valence-electron chi connectivity index (χ1n) is 7.89. The predicted molar refractivity (Wildman–Crippen MR) is 101 cm³/mol. The van der Waals surface area contributed by atoms with Gasteiger partial charge in [0.1, 0.15) is 5.82 Å². The van der Waals surface area contributed by atoms with Crippen molar-refractivity contribution < 1.29 is 17.6 Å². The van der Waals surface area contributed by atoms with Gasteiger partial charge in [0.15, 0.2) is 0 Å². The van der Waals surface area contributed by atoms with Crippen molar-refractivity contribution in [1.29, 1.82) is 0 Å². The number of carbonyl (C=O) groups is 1. The van der Waals surface area contributed by atoms with Crippen LogP contribution in [0.4, 0.5) is 10.1 Å². The maximum absolute atomic E-state index is 13.6. The summed E-state index contributed by atoms with van der Waals surface area (Å²) in [7, 11) is -2.30. The van der Waals surface area contributed by atoms with Crippen molar-refractivity contribution in [2.24, 2.45) is 0 Å². The average Bonchev–Trinajstić information content (AvgIpc) is 2.57. The minimum absolute atomic E-state index is 0.00844. The van der Waals surface area contributed by atoms with Gasteiger partial charge < -0.3 is 5.32 Å². The Kier molecular flexibility index (Phi) is 6.05. The fourth-order valence-corrected chi connectivity index (χ4v) is 3.75. The van der Waals surface area contributed by atoms with Gasteiger partial charge in [0.25, 0.3) is 5.91 Å². The highest BCUT2D eigenvalue weighted by Gasteiger charge is 2.25. The van der Waals surface area contributed by atoms with E-state index < -0.39 is 21.7 Å². The molecule has 2 aromatic rings. The first-order valence-corrected chi connectivity index (χ1v) is 9.71. The van der Waals surface area contributed by atoms with Crippen molar-refractivity contribution >= 4 is 33.2 Å². The van der Waals surface area contributed by atoms with Crippen molar-refractivity contribution in [1.82, 2.24) is 4.31 Å². The largest absolute Gasteiger partial charge is 0.322 e. The van der Waals surface area contributed by atoms with Crippen molar-refractivity contribution in [2.75, 3.05) is 12.4 Å². The summed E-state index contributed by atoms with van der Waals surface area (Å²) in [5.74, 6) is -1.08. The van der Waals surface area contributed by atoms with Gasteiger partial charge in [-0.1, -0.05) is 17.7 Å². The molecule has 0 aliphatic rings. The number of anilines is 1. The lowest BCUT2D eigenvalue weighted by Gasteiger charge is -2.21. The van der Waals surface area contributed by atoms with Crippen LogP contribution in [0, 0.1) is 12.7 Å². The summed E-state index contributed by atoms with van der Waals surface area (Å²) in [6, 6.07) is 7.95. The standard InChI is InChI=1S/C18H20ClFN2O3S/c1-11(2)22(4)26(24,25)14-7-8-16(19)15(10-14)18(23)21-13-6-5-12(3)17(20)9-13/h5-11H,1-4H3,(H,21,23). The third-order valence-corrected chi connectivity index (χ3v) is 6.38. The molecule has 0 aliphatic carbocycles. The molecule has 0 aliphatic heterocycles. The van der Waals surface area contributed by atoms with E-state index in [9.17, 15) is 17.6 Å². The minimum Gasteiger partial charge on any atom is -0.322 e. The van der Waals surface area contributed by atoms with E-state index in [1.165, 1.54) is 41.7 Å². The summed E-state index contributed by atoms with van der Waals surface area (Å²) in [4.78, 5) is 12.4. The van der Waals surface area contributed by atoms with E-state index in [1.54, 1.807) is 26.8 Å². The predicted octanol–water partition coefficient (Wildman–Crippen LogP) is 4.07. The van der Waals surface area contributed by atoms with Crippen molar-refractivity contribution in [2.45, 2.75) is 31.7 Å². The van der Waals surface area contributed by atoms with E-state index in [1.807, 2.05) is 0 Å². The van der Waals surface area contributed by atoms with Crippen LogP contribution in [0.5, 0.6) is 0 Å². The van der Waals surface area contributed by atoms with Gasteiger partial charge in [-0.3, -0.25) is 4.79 Å². The third kappa shape index (κ3) is 4.23. The SMILES string of the molecule is Cc1ccc(NC(=O)c2cc(S(=O)(=O)N(C)C(C)C)ccc2Cl)cc1F. The highest BCUT2D eigenvalue weighted by Crippen LogP contribution is 2.24. The molecule has 0 saturated heterocycles. The summed E-state index contributed by atoms with van der Waals surface area (Å²) in [6.07, 6.45) is 0. The topological polar surface area (TPSA) is 66.5 Å². The van der Waals surface area contributed by atoms with Crippen LogP contribution in [-0.4, -0.2) is 31.7 Å². The maximum Gasteiger partial charge on any atom is 0.257 e. The van der Waals surface area contributed by atoms with Gasteiger partial charge in [0.2, 0.25) is 10.0 Å². The first-order chi connectivity index (χ1) is 12.0. The second-order valence-corrected chi connectivity index (χ2v) is 8.58. The molecule has 0 fully saturated rings. The monoisotopic (exact) mass is 398 g/mol. The third-order valence-electron chi connectivity index (χ3n) is 4.02. The van der Waals surface area contributed by atoms with E-state index in [-0.39, 0.29) is 27.2 Å². The van der Waals surface area contributed by atoms with Crippen LogP contribution in [0.1, 0.15) is 29.8 Å². The normalized spacial score (nSPS) is 11.8. The zero-order valence-electron chi connectivity index (χ0n) is 14.9. The Hall–Kier alpha value is -1.96. The molecule has 0 spiro atoms. The smallest absolute Gasteiger partial charge is 0.257 e. The quantitative estimate of drug-likeness (QED) is 0.825. The Morgan fingerprint density at radius 1 is 1.19 bits per heavy atom. The second-order valence-electron chi connectivity index (χ2n) is 6.17. The van der Waals surface area contributed by atoms with Crippen molar-refractivity contribution in [3.05, 3.63) is 58.4 Å². The minimum atomic E-state index is -3.76. The number of benzene rings is 2. The molecule has 0 saturated carbocycles. The van der Waals surface area contributed by atoms with Gasteiger partial charge in [-0.15, -0.1) is 0 Å². The van der Waals surface area contributed by atoms with E-state index in [0.29, 0.717) is 5.56 Å². The Morgan fingerprint density at radius 2 is 1.85 bits per heavy atom. The highest BCUT2D eigenvalue weighted by molar-refractivity contribution is 7.89. The molecule has 0 radical (unpaired) electrons. The number of nitrogens with zero attached hydrogens (tertiary/aromatic N) is 1. The molecule has 8 heteroatoms.